The van der Waals surface area contributed by atoms with Gasteiger partial charge in [-0.3, -0.25) is 4.79 Å². The minimum atomic E-state index is 0. The molecule has 8 heteroatoms. The quantitative estimate of drug-likeness (QED) is 0.681. The number of hydrogen-bond donors (Lipinski definition) is 1. The summed E-state index contributed by atoms with van der Waals surface area (Å²) in [7, 11) is 1.98. The second-order valence-corrected chi connectivity index (χ2v) is 8.13. The average Bonchev–Trinajstić information content (AvgIpc) is 3.22. The molecule has 1 aliphatic rings. The zero-order chi connectivity index (χ0) is 18.3. The Hall–Kier alpha value is -1.60. The Balaban J connectivity index is 0.00000210. The lowest BCUT2D eigenvalue weighted by molar-refractivity contribution is 0.0712. The maximum atomic E-state index is 12.9. The summed E-state index contributed by atoms with van der Waals surface area (Å²) in [6, 6.07) is 10.1. The summed E-state index contributed by atoms with van der Waals surface area (Å²) >= 11 is 7.63. The van der Waals surface area contributed by atoms with Gasteiger partial charge in [0.05, 0.1) is 16.3 Å². The van der Waals surface area contributed by atoms with Gasteiger partial charge in [0.25, 0.3) is 5.91 Å². The molecule has 1 N–H and O–H groups in total. The van der Waals surface area contributed by atoms with Gasteiger partial charge in [-0.25, -0.2) is 4.68 Å². The van der Waals surface area contributed by atoms with Gasteiger partial charge in [0.2, 0.25) is 0 Å². The molecule has 3 aromatic rings. The van der Waals surface area contributed by atoms with Crippen LogP contribution in [0.4, 0.5) is 0 Å². The van der Waals surface area contributed by atoms with E-state index in [0.717, 1.165) is 52.4 Å². The molecular formula is C19H22Cl2N4OS. The van der Waals surface area contributed by atoms with Gasteiger partial charge in [-0.2, -0.15) is 5.10 Å². The van der Waals surface area contributed by atoms with E-state index in [0.29, 0.717) is 11.1 Å². The number of hydrogen-bond acceptors (Lipinski definition) is 4. The molecule has 0 bridgehead atoms. The van der Waals surface area contributed by atoms with Crippen molar-refractivity contribution in [2.45, 2.75) is 25.8 Å². The van der Waals surface area contributed by atoms with E-state index in [9.17, 15) is 4.79 Å². The number of carbonyl (C=O) groups is 1. The maximum Gasteiger partial charge on any atom is 0.264 e. The molecule has 2 aromatic heterocycles. The fourth-order valence-corrected chi connectivity index (χ4v) is 4.80. The molecule has 144 valence electrons. The van der Waals surface area contributed by atoms with Crippen LogP contribution in [0.5, 0.6) is 0 Å². The van der Waals surface area contributed by atoms with Crippen molar-refractivity contribution in [1.29, 1.82) is 0 Å². The third-order valence-corrected chi connectivity index (χ3v) is 6.33. The Morgan fingerprint density at radius 1 is 1.30 bits per heavy atom. The molecule has 0 unspecified atom stereocenters. The van der Waals surface area contributed by atoms with Crippen LogP contribution in [0, 0.1) is 6.92 Å². The van der Waals surface area contributed by atoms with Gasteiger partial charge in [-0.1, -0.05) is 17.7 Å². The minimum absolute atomic E-state index is 0. The highest BCUT2D eigenvalue weighted by Crippen LogP contribution is 2.32. The van der Waals surface area contributed by atoms with E-state index < -0.39 is 0 Å². The molecule has 0 radical (unpaired) electrons. The monoisotopic (exact) mass is 424 g/mol. The highest BCUT2D eigenvalue weighted by Gasteiger charge is 2.25. The molecule has 4 rings (SSSR count). The number of nitrogens with zero attached hydrogens (tertiary/aromatic N) is 3. The number of amides is 1. The zero-order valence-corrected chi connectivity index (χ0v) is 17.6. The van der Waals surface area contributed by atoms with Crippen LogP contribution < -0.4 is 5.32 Å². The van der Waals surface area contributed by atoms with Crippen LogP contribution in [0.1, 0.15) is 28.2 Å². The summed E-state index contributed by atoms with van der Waals surface area (Å²) in [5, 5.41) is 9.63. The predicted molar refractivity (Wildman–Crippen MR) is 114 cm³/mol. The number of halogens is 2. The Morgan fingerprint density at radius 3 is 2.70 bits per heavy atom. The molecule has 27 heavy (non-hydrogen) atoms. The van der Waals surface area contributed by atoms with E-state index in [-0.39, 0.29) is 18.3 Å². The molecular weight excluding hydrogens is 403 g/mol. The van der Waals surface area contributed by atoms with E-state index >= 15 is 0 Å². The summed E-state index contributed by atoms with van der Waals surface area (Å²) in [6.07, 6.45) is 2.00. The smallest absolute Gasteiger partial charge is 0.264 e. The van der Waals surface area contributed by atoms with Crippen molar-refractivity contribution < 1.29 is 4.79 Å². The molecule has 0 saturated carbocycles. The van der Waals surface area contributed by atoms with Crippen molar-refractivity contribution in [2.75, 3.05) is 20.1 Å². The molecule has 1 aliphatic heterocycles. The first-order chi connectivity index (χ1) is 12.6. The molecule has 1 amide bonds. The molecule has 5 nitrogen and oxygen atoms in total. The first-order valence-corrected chi connectivity index (χ1v) is 9.98. The highest BCUT2D eigenvalue weighted by molar-refractivity contribution is 7.20. The number of carbonyl (C=O) groups excluding carboxylic acids is 1. The molecule has 1 fully saturated rings. The van der Waals surface area contributed by atoms with Crippen LogP contribution >= 0.6 is 35.3 Å². The Labute approximate surface area is 173 Å². The first kappa shape index (κ1) is 20.1. The average molecular weight is 425 g/mol. The normalized spacial score (nSPS) is 15.1. The summed E-state index contributed by atoms with van der Waals surface area (Å²) in [5.74, 6) is 0.123. The molecule has 1 saturated heterocycles. The summed E-state index contributed by atoms with van der Waals surface area (Å²) in [5.41, 5.74) is 1.83. The van der Waals surface area contributed by atoms with Crippen LogP contribution in [0.25, 0.3) is 15.9 Å². The first-order valence-electron chi connectivity index (χ1n) is 8.78. The van der Waals surface area contributed by atoms with Gasteiger partial charge in [0, 0.05) is 29.5 Å². The lowest BCUT2D eigenvalue weighted by Crippen LogP contribution is -2.43. The van der Waals surface area contributed by atoms with Gasteiger partial charge in [-0.15, -0.1) is 23.7 Å². The fraction of sp³-hybridized carbons (Fsp3) is 0.368. The third-order valence-electron chi connectivity index (χ3n) is 5.00. The fourth-order valence-electron chi connectivity index (χ4n) is 3.46. The van der Waals surface area contributed by atoms with Crippen LogP contribution in [0.15, 0.2) is 30.3 Å². The van der Waals surface area contributed by atoms with Crippen LogP contribution in [-0.4, -0.2) is 46.8 Å². The maximum absolute atomic E-state index is 12.9. The van der Waals surface area contributed by atoms with E-state index in [1.54, 1.807) is 0 Å². The number of likely N-dealkylation sites (tertiary alicyclic amines) is 1. The van der Waals surface area contributed by atoms with Crippen molar-refractivity contribution in [1.82, 2.24) is 20.0 Å². The van der Waals surface area contributed by atoms with Crippen molar-refractivity contribution in [3.05, 3.63) is 45.9 Å². The van der Waals surface area contributed by atoms with Gasteiger partial charge >= 0.3 is 0 Å². The van der Waals surface area contributed by atoms with Gasteiger partial charge in [0.15, 0.2) is 0 Å². The van der Waals surface area contributed by atoms with Crippen molar-refractivity contribution in [3.8, 4) is 5.69 Å². The molecule has 3 heterocycles. The van der Waals surface area contributed by atoms with Crippen LogP contribution in [-0.2, 0) is 0 Å². The minimum Gasteiger partial charge on any atom is -0.338 e. The summed E-state index contributed by atoms with van der Waals surface area (Å²) in [4.78, 5) is 16.7. The van der Waals surface area contributed by atoms with Crippen molar-refractivity contribution in [2.24, 2.45) is 0 Å². The molecule has 1 aromatic carbocycles. The van der Waals surface area contributed by atoms with E-state index in [1.165, 1.54) is 11.3 Å². The van der Waals surface area contributed by atoms with Crippen LogP contribution in [0.3, 0.4) is 0 Å². The SMILES string of the molecule is CNC1CCN(C(=O)c2cc3c(C)nn(-c4cccc(Cl)c4)c3s2)CC1.Cl. The van der Waals surface area contributed by atoms with Gasteiger partial charge in [-0.05, 0) is 51.1 Å². The Morgan fingerprint density at radius 2 is 2.04 bits per heavy atom. The van der Waals surface area contributed by atoms with Crippen LogP contribution in [0.2, 0.25) is 5.02 Å². The lowest BCUT2D eigenvalue weighted by atomic mass is 10.1. The van der Waals surface area contributed by atoms with E-state index in [1.807, 2.05) is 53.9 Å². The number of benzene rings is 1. The number of aryl methyl sites for hydroxylation is 1. The second-order valence-electron chi connectivity index (χ2n) is 6.66. The standard InChI is InChI=1S/C19H21ClN4OS.ClH/c1-12-16-11-17(18(25)23-8-6-14(21-2)7-9-23)26-19(16)24(22-12)15-5-3-4-13(20)10-15;/h3-5,10-11,14,21H,6-9H2,1-2H3;1H. The van der Waals surface area contributed by atoms with E-state index in [2.05, 4.69) is 10.4 Å². The predicted octanol–water partition coefficient (Wildman–Crippen LogP) is 4.29. The number of rotatable bonds is 3. The highest BCUT2D eigenvalue weighted by atomic mass is 35.5. The number of piperidine rings is 1. The van der Waals surface area contributed by atoms with Crippen molar-refractivity contribution >= 4 is 51.5 Å². The molecule has 0 spiro atoms. The van der Waals surface area contributed by atoms with Gasteiger partial charge < -0.3 is 10.2 Å². The topological polar surface area (TPSA) is 50.2 Å². The van der Waals surface area contributed by atoms with Crippen molar-refractivity contribution in [3.63, 3.8) is 0 Å². The third kappa shape index (κ3) is 3.85. The van der Waals surface area contributed by atoms with Gasteiger partial charge in [0.1, 0.15) is 4.83 Å². The number of nitrogens with one attached hydrogen (secondary N) is 1. The summed E-state index contributed by atoms with van der Waals surface area (Å²) < 4.78 is 1.88. The summed E-state index contributed by atoms with van der Waals surface area (Å²) in [6.45, 7) is 3.58. The number of aromatic nitrogens is 2. The zero-order valence-electron chi connectivity index (χ0n) is 15.2. The van der Waals surface area contributed by atoms with E-state index in [4.69, 9.17) is 11.6 Å². The largest absolute Gasteiger partial charge is 0.338 e. The Kier molecular flexibility index (Phi) is 6.11. The molecule has 0 atom stereocenters. The Bertz CT molecular complexity index is 960. The lowest BCUT2D eigenvalue weighted by Gasteiger charge is -2.31. The molecule has 0 aliphatic carbocycles. The second kappa shape index (κ2) is 8.19. The number of fused-ring (bicyclic) bond motifs is 1. The number of thiophene rings is 1.